The molecule has 0 amide bonds. The van der Waals surface area contributed by atoms with E-state index < -0.39 is 0 Å². The van der Waals surface area contributed by atoms with Crippen LogP contribution >= 0.6 is 0 Å². The molecule has 0 unspecified atom stereocenters. The van der Waals surface area contributed by atoms with Crippen molar-refractivity contribution in [2.45, 2.75) is 40.5 Å². The lowest BCUT2D eigenvalue weighted by molar-refractivity contribution is 0.226. The number of nitrogens with zero attached hydrogens (tertiary/aromatic N) is 2. The molecule has 0 heterocycles. The van der Waals surface area contributed by atoms with Crippen molar-refractivity contribution < 1.29 is 0 Å². The topological polar surface area (TPSA) is 6.48 Å². The van der Waals surface area contributed by atoms with Crippen LogP contribution in [0.5, 0.6) is 0 Å². The Kier molecular flexibility index (Phi) is 9.12. The van der Waals surface area contributed by atoms with Crippen molar-refractivity contribution in [3.05, 3.63) is 0 Å². The summed E-state index contributed by atoms with van der Waals surface area (Å²) in [5.74, 6) is 0.792. The summed E-state index contributed by atoms with van der Waals surface area (Å²) in [4.78, 5) is 4.99. The Morgan fingerprint density at radius 3 is 2.13 bits per heavy atom. The molecule has 92 valence electrons. The Morgan fingerprint density at radius 2 is 1.67 bits per heavy atom. The maximum Gasteiger partial charge on any atom is 0.000439 e. The molecule has 0 N–H and O–H groups in total. The fourth-order valence-electron chi connectivity index (χ4n) is 1.85. The lowest BCUT2D eigenvalue weighted by Crippen LogP contribution is -2.31. The monoisotopic (exact) mass is 214 g/mol. The van der Waals surface area contributed by atoms with Gasteiger partial charge in [-0.05, 0) is 52.0 Å². The van der Waals surface area contributed by atoms with Crippen LogP contribution in [0.15, 0.2) is 0 Å². The smallest absolute Gasteiger partial charge is 0.000439 e. The summed E-state index contributed by atoms with van der Waals surface area (Å²) >= 11 is 0. The minimum atomic E-state index is 0.792. The van der Waals surface area contributed by atoms with Crippen molar-refractivity contribution in [2.75, 3.05) is 39.8 Å². The first-order chi connectivity index (χ1) is 7.10. The van der Waals surface area contributed by atoms with E-state index in [4.69, 9.17) is 0 Å². The van der Waals surface area contributed by atoms with Crippen LogP contribution < -0.4 is 0 Å². The second-order valence-corrected chi connectivity index (χ2v) is 4.94. The molecular weight excluding hydrogens is 184 g/mol. The zero-order chi connectivity index (χ0) is 11.7. The third-order valence-electron chi connectivity index (χ3n) is 2.72. The predicted molar refractivity (Wildman–Crippen MR) is 69.4 cm³/mol. The molecule has 0 saturated heterocycles. The molecular formula is C13H30N2. The van der Waals surface area contributed by atoms with Gasteiger partial charge in [0.05, 0.1) is 0 Å². The van der Waals surface area contributed by atoms with Crippen LogP contribution in [0.3, 0.4) is 0 Å². The van der Waals surface area contributed by atoms with Gasteiger partial charge >= 0.3 is 0 Å². The molecule has 2 nitrogen and oxygen atoms in total. The highest BCUT2D eigenvalue weighted by molar-refractivity contribution is 4.61. The highest BCUT2D eigenvalue weighted by atomic mass is 15.1. The summed E-state index contributed by atoms with van der Waals surface area (Å²) in [6.45, 7) is 15.3. The molecule has 15 heavy (non-hydrogen) atoms. The van der Waals surface area contributed by atoms with Gasteiger partial charge in [0, 0.05) is 6.54 Å². The molecule has 0 saturated carbocycles. The zero-order valence-electron chi connectivity index (χ0n) is 11.4. The number of rotatable bonds is 9. The summed E-state index contributed by atoms with van der Waals surface area (Å²) in [5.41, 5.74) is 0. The first kappa shape index (κ1) is 14.9. The third kappa shape index (κ3) is 8.88. The summed E-state index contributed by atoms with van der Waals surface area (Å²) in [7, 11) is 2.20. The average molecular weight is 214 g/mol. The standard InChI is InChI=1S/C13H30N2/c1-6-9-15(12-13(3)4)11-8-10-14(5)7-2/h13H,6-12H2,1-5H3. The van der Waals surface area contributed by atoms with Crippen molar-refractivity contribution >= 4 is 0 Å². The Hall–Kier alpha value is -0.0800. The average Bonchev–Trinajstić information content (AvgIpc) is 2.16. The van der Waals surface area contributed by atoms with E-state index in [0.29, 0.717) is 0 Å². The van der Waals surface area contributed by atoms with Gasteiger partial charge in [0.25, 0.3) is 0 Å². The molecule has 0 radical (unpaired) electrons. The largest absolute Gasteiger partial charge is 0.307 e. The maximum atomic E-state index is 2.61. The van der Waals surface area contributed by atoms with Crippen LogP contribution in [0, 0.1) is 5.92 Å². The first-order valence-electron chi connectivity index (χ1n) is 6.51. The van der Waals surface area contributed by atoms with Crippen LogP contribution in [0.1, 0.15) is 40.5 Å². The zero-order valence-corrected chi connectivity index (χ0v) is 11.4. The summed E-state index contributed by atoms with van der Waals surface area (Å²) < 4.78 is 0. The fraction of sp³-hybridized carbons (Fsp3) is 1.00. The van der Waals surface area contributed by atoms with E-state index in [1.54, 1.807) is 0 Å². The Labute approximate surface area is 96.6 Å². The van der Waals surface area contributed by atoms with E-state index in [1.807, 2.05) is 0 Å². The van der Waals surface area contributed by atoms with E-state index in [-0.39, 0.29) is 0 Å². The molecule has 0 aromatic carbocycles. The van der Waals surface area contributed by atoms with E-state index in [1.165, 1.54) is 39.0 Å². The van der Waals surface area contributed by atoms with Gasteiger partial charge in [-0.2, -0.15) is 0 Å². The van der Waals surface area contributed by atoms with Gasteiger partial charge in [0.15, 0.2) is 0 Å². The van der Waals surface area contributed by atoms with Crippen molar-refractivity contribution in [2.24, 2.45) is 5.92 Å². The quantitative estimate of drug-likeness (QED) is 0.582. The van der Waals surface area contributed by atoms with Gasteiger partial charge in [0.2, 0.25) is 0 Å². The van der Waals surface area contributed by atoms with Crippen molar-refractivity contribution in [1.29, 1.82) is 0 Å². The van der Waals surface area contributed by atoms with Gasteiger partial charge in [-0.3, -0.25) is 0 Å². The molecule has 0 aliphatic heterocycles. The molecule has 0 rings (SSSR count). The minimum Gasteiger partial charge on any atom is -0.307 e. The number of hydrogen-bond donors (Lipinski definition) is 0. The van der Waals surface area contributed by atoms with Crippen LogP contribution in [0.25, 0.3) is 0 Å². The summed E-state index contributed by atoms with van der Waals surface area (Å²) in [6.07, 6.45) is 2.58. The predicted octanol–water partition coefficient (Wildman–Crippen LogP) is 2.70. The minimum absolute atomic E-state index is 0.792. The van der Waals surface area contributed by atoms with Crippen LogP contribution in [0.2, 0.25) is 0 Å². The van der Waals surface area contributed by atoms with Crippen LogP contribution in [-0.4, -0.2) is 49.6 Å². The second-order valence-electron chi connectivity index (χ2n) is 4.94. The molecule has 0 aromatic rings. The van der Waals surface area contributed by atoms with E-state index in [2.05, 4.69) is 44.5 Å². The van der Waals surface area contributed by atoms with Gasteiger partial charge in [-0.15, -0.1) is 0 Å². The highest BCUT2D eigenvalue weighted by Gasteiger charge is 2.06. The molecule has 2 heteroatoms. The van der Waals surface area contributed by atoms with E-state index >= 15 is 0 Å². The Morgan fingerprint density at radius 1 is 1.00 bits per heavy atom. The molecule has 0 fully saturated rings. The SMILES string of the molecule is CCCN(CCCN(C)CC)CC(C)C. The van der Waals surface area contributed by atoms with Crippen LogP contribution in [-0.2, 0) is 0 Å². The maximum absolute atomic E-state index is 2.61. The molecule has 0 aliphatic carbocycles. The Bertz CT molecular complexity index is 134. The molecule has 0 spiro atoms. The molecule has 0 aromatic heterocycles. The normalized spacial score (nSPS) is 12.0. The highest BCUT2D eigenvalue weighted by Crippen LogP contribution is 2.01. The Balaban J connectivity index is 3.65. The molecule has 0 bridgehead atoms. The lowest BCUT2D eigenvalue weighted by atomic mass is 10.2. The first-order valence-corrected chi connectivity index (χ1v) is 6.51. The van der Waals surface area contributed by atoms with Crippen molar-refractivity contribution in [1.82, 2.24) is 9.80 Å². The number of hydrogen-bond acceptors (Lipinski definition) is 2. The van der Waals surface area contributed by atoms with Gasteiger partial charge < -0.3 is 9.80 Å². The molecule has 0 atom stereocenters. The van der Waals surface area contributed by atoms with Gasteiger partial charge in [-0.25, -0.2) is 0 Å². The van der Waals surface area contributed by atoms with Crippen LogP contribution in [0.4, 0.5) is 0 Å². The van der Waals surface area contributed by atoms with Crippen molar-refractivity contribution in [3.63, 3.8) is 0 Å². The third-order valence-corrected chi connectivity index (χ3v) is 2.72. The van der Waals surface area contributed by atoms with E-state index in [0.717, 1.165) is 12.5 Å². The second kappa shape index (κ2) is 9.17. The fourth-order valence-corrected chi connectivity index (χ4v) is 1.85. The summed E-state index contributed by atoms with van der Waals surface area (Å²) in [5, 5.41) is 0. The lowest BCUT2D eigenvalue weighted by Gasteiger charge is -2.24. The van der Waals surface area contributed by atoms with Gasteiger partial charge in [-0.1, -0.05) is 27.7 Å². The van der Waals surface area contributed by atoms with Gasteiger partial charge in [0.1, 0.15) is 0 Å². The molecule has 0 aliphatic rings. The summed E-state index contributed by atoms with van der Waals surface area (Å²) in [6, 6.07) is 0. The van der Waals surface area contributed by atoms with E-state index in [9.17, 15) is 0 Å². The van der Waals surface area contributed by atoms with Crippen molar-refractivity contribution in [3.8, 4) is 0 Å².